The SMILES string of the molecule is CNCCC1CCN(C(=O)c2ccc([N+](=O)[O-])cc2F)CC1.Cl. The number of amides is 1. The average molecular weight is 346 g/mol. The monoisotopic (exact) mass is 345 g/mol. The molecule has 1 fully saturated rings. The van der Waals surface area contributed by atoms with E-state index in [1.807, 2.05) is 7.05 Å². The number of carbonyl (C=O) groups is 1. The summed E-state index contributed by atoms with van der Waals surface area (Å²) in [6, 6.07) is 3.16. The summed E-state index contributed by atoms with van der Waals surface area (Å²) in [6.45, 7) is 2.16. The summed E-state index contributed by atoms with van der Waals surface area (Å²) in [6.07, 6.45) is 2.88. The normalized spacial score (nSPS) is 15.1. The maximum Gasteiger partial charge on any atom is 0.272 e. The lowest BCUT2D eigenvalue weighted by molar-refractivity contribution is -0.385. The first-order chi connectivity index (χ1) is 10.5. The van der Waals surface area contributed by atoms with Gasteiger partial charge in [0.15, 0.2) is 0 Å². The smallest absolute Gasteiger partial charge is 0.272 e. The van der Waals surface area contributed by atoms with Gasteiger partial charge in [0.1, 0.15) is 5.82 Å². The fraction of sp³-hybridized carbons (Fsp3) is 0.533. The van der Waals surface area contributed by atoms with E-state index in [0.717, 1.165) is 37.9 Å². The van der Waals surface area contributed by atoms with Crippen molar-refractivity contribution in [2.45, 2.75) is 19.3 Å². The van der Waals surface area contributed by atoms with Crippen molar-refractivity contribution in [2.75, 3.05) is 26.7 Å². The number of carbonyl (C=O) groups excluding carboxylic acids is 1. The van der Waals surface area contributed by atoms with Crippen molar-refractivity contribution in [3.05, 3.63) is 39.7 Å². The average Bonchev–Trinajstić information content (AvgIpc) is 2.52. The number of halogens is 2. The van der Waals surface area contributed by atoms with Crippen LogP contribution in [0.1, 0.15) is 29.6 Å². The maximum absolute atomic E-state index is 13.9. The minimum atomic E-state index is -0.837. The fourth-order valence-corrected chi connectivity index (χ4v) is 2.73. The van der Waals surface area contributed by atoms with E-state index >= 15 is 0 Å². The highest BCUT2D eigenvalue weighted by Crippen LogP contribution is 2.23. The highest BCUT2D eigenvalue weighted by Gasteiger charge is 2.25. The Bertz CT molecular complexity index is 563. The zero-order valence-electron chi connectivity index (χ0n) is 13.0. The Labute approximate surface area is 140 Å². The Morgan fingerprint density at radius 1 is 1.43 bits per heavy atom. The third kappa shape index (κ3) is 4.87. The number of rotatable bonds is 5. The van der Waals surface area contributed by atoms with Crippen molar-refractivity contribution in [1.29, 1.82) is 0 Å². The van der Waals surface area contributed by atoms with Crippen molar-refractivity contribution in [3.63, 3.8) is 0 Å². The van der Waals surface area contributed by atoms with Gasteiger partial charge in [-0.05, 0) is 44.8 Å². The number of hydrogen-bond donors (Lipinski definition) is 1. The predicted octanol–water partition coefficient (Wildman–Crippen LogP) is 2.62. The lowest BCUT2D eigenvalue weighted by Crippen LogP contribution is -2.39. The van der Waals surface area contributed by atoms with Crippen LogP contribution in [0.4, 0.5) is 10.1 Å². The Morgan fingerprint density at radius 2 is 2.09 bits per heavy atom. The molecule has 1 aliphatic heterocycles. The van der Waals surface area contributed by atoms with E-state index in [2.05, 4.69) is 5.32 Å². The van der Waals surface area contributed by atoms with Crippen LogP contribution in [-0.4, -0.2) is 42.4 Å². The third-order valence-electron chi connectivity index (χ3n) is 4.10. The number of hydrogen-bond acceptors (Lipinski definition) is 4. The molecule has 1 amide bonds. The number of nitrogens with zero attached hydrogens (tertiary/aromatic N) is 2. The number of nitro groups is 1. The molecule has 0 aliphatic carbocycles. The van der Waals surface area contributed by atoms with Crippen molar-refractivity contribution in [2.24, 2.45) is 5.92 Å². The van der Waals surface area contributed by atoms with E-state index in [1.165, 1.54) is 6.07 Å². The molecule has 0 bridgehead atoms. The molecule has 0 unspecified atom stereocenters. The molecule has 0 atom stereocenters. The molecule has 8 heteroatoms. The van der Waals surface area contributed by atoms with E-state index in [-0.39, 0.29) is 29.6 Å². The molecule has 128 valence electrons. The van der Waals surface area contributed by atoms with E-state index in [9.17, 15) is 19.3 Å². The second-order valence-electron chi connectivity index (χ2n) is 5.55. The minimum absolute atomic E-state index is 0. The highest BCUT2D eigenvalue weighted by molar-refractivity contribution is 5.94. The van der Waals surface area contributed by atoms with Gasteiger partial charge in [0.05, 0.1) is 16.6 Å². The van der Waals surface area contributed by atoms with Crippen LogP contribution in [0.15, 0.2) is 18.2 Å². The van der Waals surface area contributed by atoms with E-state index in [0.29, 0.717) is 19.0 Å². The van der Waals surface area contributed by atoms with Gasteiger partial charge < -0.3 is 10.2 Å². The molecule has 2 rings (SSSR count). The van der Waals surface area contributed by atoms with Gasteiger partial charge in [0, 0.05) is 19.2 Å². The third-order valence-corrected chi connectivity index (χ3v) is 4.10. The van der Waals surface area contributed by atoms with Crippen LogP contribution in [0.5, 0.6) is 0 Å². The predicted molar refractivity (Wildman–Crippen MR) is 87.5 cm³/mol. The van der Waals surface area contributed by atoms with Crippen LogP contribution in [0, 0.1) is 21.8 Å². The lowest BCUT2D eigenvalue weighted by atomic mass is 9.93. The van der Waals surface area contributed by atoms with Crippen molar-refractivity contribution in [1.82, 2.24) is 10.2 Å². The number of piperidine rings is 1. The molecular weight excluding hydrogens is 325 g/mol. The van der Waals surface area contributed by atoms with Crippen LogP contribution in [-0.2, 0) is 0 Å². The molecule has 1 aromatic carbocycles. The van der Waals surface area contributed by atoms with E-state index in [4.69, 9.17) is 0 Å². The van der Waals surface area contributed by atoms with E-state index < -0.39 is 10.7 Å². The summed E-state index contributed by atoms with van der Waals surface area (Å²) in [5.41, 5.74) is -0.445. The van der Waals surface area contributed by atoms with Crippen LogP contribution in [0.2, 0.25) is 0 Å². The number of nitro benzene ring substituents is 1. The van der Waals surface area contributed by atoms with Crippen LogP contribution in [0.3, 0.4) is 0 Å². The maximum atomic E-state index is 13.9. The van der Waals surface area contributed by atoms with Gasteiger partial charge >= 0.3 is 0 Å². The number of non-ortho nitro benzene ring substituents is 1. The van der Waals surface area contributed by atoms with Gasteiger partial charge in [0.25, 0.3) is 11.6 Å². The fourth-order valence-electron chi connectivity index (χ4n) is 2.73. The molecule has 1 saturated heterocycles. The summed E-state index contributed by atoms with van der Waals surface area (Å²) < 4.78 is 13.9. The first-order valence-corrected chi connectivity index (χ1v) is 7.40. The number of nitrogens with one attached hydrogen (secondary N) is 1. The molecule has 0 saturated carbocycles. The molecule has 6 nitrogen and oxygen atoms in total. The Morgan fingerprint density at radius 3 is 2.61 bits per heavy atom. The quantitative estimate of drug-likeness (QED) is 0.657. The number of benzene rings is 1. The van der Waals surface area contributed by atoms with Gasteiger partial charge in [-0.15, -0.1) is 12.4 Å². The zero-order chi connectivity index (χ0) is 16.1. The molecular formula is C15H21ClFN3O3. The molecule has 1 N–H and O–H groups in total. The molecule has 1 aromatic rings. The van der Waals surface area contributed by atoms with Gasteiger partial charge in [-0.1, -0.05) is 0 Å². The zero-order valence-corrected chi connectivity index (χ0v) is 13.8. The lowest BCUT2D eigenvalue weighted by Gasteiger charge is -2.32. The molecule has 0 aromatic heterocycles. The molecule has 0 spiro atoms. The first-order valence-electron chi connectivity index (χ1n) is 7.40. The van der Waals surface area contributed by atoms with Crippen LogP contribution in [0.25, 0.3) is 0 Å². The molecule has 1 heterocycles. The molecule has 0 radical (unpaired) electrons. The minimum Gasteiger partial charge on any atom is -0.339 e. The largest absolute Gasteiger partial charge is 0.339 e. The second-order valence-corrected chi connectivity index (χ2v) is 5.55. The summed E-state index contributed by atoms with van der Waals surface area (Å²) in [4.78, 5) is 23.9. The molecule has 1 aliphatic rings. The Hall–Kier alpha value is -1.73. The van der Waals surface area contributed by atoms with Crippen LogP contribution >= 0.6 is 12.4 Å². The van der Waals surface area contributed by atoms with Gasteiger partial charge in [-0.3, -0.25) is 14.9 Å². The Balaban J connectivity index is 0.00000264. The van der Waals surface area contributed by atoms with Gasteiger partial charge in [0.2, 0.25) is 0 Å². The molecule has 23 heavy (non-hydrogen) atoms. The van der Waals surface area contributed by atoms with Crippen molar-refractivity contribution >= 4 is 24.0 Å². The summed E-state index contributed by atoms with van der Waals surface area (Å²) in [7, 11) is 1.91. The Kier molecular flexibility index (Phi) is 7.38. The first kappa shape index (κ1) is 19.3. The highest BCUT2D eigenvalue weighted by atomic mass is 35.5. The topological polar surface area (TPSA) is 75.5 Å². The van der Waals surface area contributed by atoms with Crippen molar-refractivity contribution < 1.29 is 14.1 Å². The summed E-state index contributed by atoms with van der Waals surface area (Å²) >= 11 is 0. The van der Waals surface area contributed by atoms with E-state index in [1.54, 1.807) is 4.90 Å². The van der Waals surface area contributed by atoms with Crippen molar-refractivity contribution in [3.8, 4) is 0 Å². The second kappa shape index (κ2) is 8.79. The summed E-state index contributed by atoms with van der Waals surface area (Å²) in [5.74, 6) is -0.644. The van der Waals surface area contributed by atoms with Gasteiger partial charge in [-0.25, -0.2) is 4.39 Å². The summed E-state index contributed by atoms with van der Waals surface area (Å²) in [5, 5.41) is 13.7. The standard InChI is InChI=1S/C15H20FN3O3.ClH/c1-17-7-4-11-5-8-18(9-6-11)15(20)13-3-2-12(19(21)22)10-14(13)16;/h2-3,10-11,17H,4-9H2,1H3;1H. The van der Waals surface area contributed by atoms with Crippen LogP contribution < -0.4 is 5.32 Å². The number of likely N-dealkylation sites (tertiary alicyclic amines) is 1. The van der Waals surface area contributed by atoms with Gasteiger partial charge in [-0.2, -0.15) is 0 Å².